The standard InChI is InChI=1S/C7H9N3.C2H6/c1-5(2)6-4-9-10-7(6)8-3;1-2/h4H,1,3H2,2H3,(H,9,10);1-2H3. The molecule has 0 aromatic carbocycles. The molecule has 0 bridgehead atoms. The number of rotatable bonds is 2. The normalized spacial score (nSPS) is 8.25. The highest BCUT2D eigenvalue weighted by Gasteiger charge is 2.01. The van der Waals surface area contributed by atoms with E-state index < -0.39 is 0 Å². The number of H-pyrrole nitrogens is 1. The van der Waals surface area contributed by atoms with E-state index in [-0.39, 0.29) is 0 Å². The SMILES string of the molecule is C=Nc1[nH]ncc1C(=C)C.CC. The minimum Gasteiger partial charge on any atom is -0.261 e. The summed E-state index contributed by atoms with van der Waals surface area (Å²) in [5.41, 5.74) is 1.87. The van der Waals surface area contributed by atoms with Gasteiger partial charge in [-0.2, -0.15) is 5.10 Å². The second-order valence-corrected chi connectivity index (χ2v) is 2.07. The molecule has 1 heterocycles. The van der Waals surface area contributed by atoms with Crippen molar-refractivity contribution in [3.63, 3.8) is 0 Å². The van der Waals surface area contributed by atoms with Gasteiger partial charge in [-0.05, 0) is 19.2 Å². The zero-order valence-corrected chi connectivity index (χ0v) is 7.89. The van der Waals surface area contributed by atoms with Crippen molar-refractivity contribution in [3.05, 3.63) is 18.3 Å². The van der Waals surface area contributed by atoms with E-state index in [1.807, 2.05) is 20.8 Å². The quantitative estimate of drug-likeness (QED) is 0.672. The average Bonchev–Trinajstić information content (AvgIpc) is 2.55. The van der Waals surface area contributed by atoms with Crippen LogP contribution in [0.5, 0.6) is 0 Å². The minimum atomic E-state index is 0.688. The molecule has 66 valence electrons. The van der Waals surface area contributed by atoms with Crippen LogP contribution in [0.4, 0.5) is 5.82 Å². The van der Waals surface area contributed by atoms with Crippen LogP contribution in [0.1, 0.15) is 26.3 Å². The zero-order chi connectivity index (χ0) is 9.56. The van der Waals surface area contributed by atoms with Gasteiger partial charge >= 0.3 is 0 Å². The molecule has 12 heavy (non-hydrogen) atoms. The highest BCUT2D eigenvalue weighted by Crippen LogP contribution is 2.20. The lowest BCUT2D eigenvalue weighted by Gasteiger charge is -1.92. The molecule has 0 radical (unpaired) electrons. The van der Waals surface area contributed by atoms with Crippen LogP contribution >= 0.6 is 0 Å². The van der Waals surface area contributed by atoms with Crippen molar-refractivity contribution in [2.24, 2.45) is 4.99 Å². The first kappa shape index (κ1) is 10.6. The summed E-state index contributed by atoms with van der Waals surface area (Å²) in [6.45, 7) is 13.0. The smallest absolute Gasteiger partial charge is 0.154 e. The summed E-state index contributed by atoms with van der Waals surface area (Å²) < 4.78 is 0. The fourth-order valence-electron chi connectivity index (χ4n) is 0.712. The van der Waals surface area contributed by atoms with Gasteiger partial charge in [-0.25, -0.2) is 4.99 Å². The number of nitrogens with one attached hydrogen (secondary N) is 1. The Morgan fingerprint density at radius 2 is 2.17 bits per heavy atom. The van der Waals surface area contributed by atoms with Crippen LogP contribution in [0.15, 0.2) is 17.8 Å². The Morgan fingerprint density at radius 3 is 2.50 bits per heavy atom. The van der Waals surface area contributed by atoms with Gasteiger partial charge in [-0.1, -0.05) is 20.4 Å². The Kier molecular flexibility index (Phi) is 4.69. The molecule has 0 atom stereocenters. The van der Waals surface area contributed by atoms with Crippen LogP contribution < -0.4 is 0 Å². The first-order valence-corrected chi connectivity index (χ1v) is 3.91. The second kappa shape index (κ2) is 5.29. The maximum Gasteiger partial charge on any atom is 0.154 e. The lowest BCUT2D eigenvalue weighted by Crippen LogP contribution is -1.71. The van der Waals surface area contributed by atoms with Gasteiger partial charge in [0.15, 0.2) is 5.82 Å². The second-order valence-electron chi connectivity index (χ2n) is 2.07. The molecule has 0 saturated heterocycles. The molecule has 0 amide bonds. The summed E-state index contributed by atoms with van der Waals surface area (Å²) in [5.74, 6) is 0.688. The predicted molar refractivity (Wildman–Crippen MR) is 53.9 cm³/mol. The van der Waals surface area contributed by atoms with Gasteiger partial charge in [0.1, 0.15) is 0 Å². The summed E-state index contributed by atoms with van der Waals surface area (Å²) in [6, 6.07) is 0. The Labute approximate surface area is 73.2 Å². The summed E-state index contributed by atoms with van der Waals surface area (Å²) in [4.78, 5) is 3.72. The van der Waals surface area contributed by atoms with Crippen molar-refractivity contribution >= 4 is 18.1 Å². The van der Waals surface area contributed by atoms with Crippen LogP contribution in [0.25, 0.3) is 5.57 Å². The van der Waals surface area contributed by atoms with E-state index in [4.69, 9.17) is 0 Å². The van der Waals surface area contributed by atoms with Crippen LogP contribution in [0.2, 0.25) is 0 Å². The first-order chi connectivity index (χ1) is 5.75. The molecule has 3 heteroatoms. The molecule has 1 rings (SSSR count). The van der Waals surface area contributed by atoms with Crippen LogP contribution in [-0.2, 0) is 0 Å². The van der Waals surface area contributed by atoms with Gasteiger partial charge in [-0.3, -0.25) is 5.10 Å². The molecule has 3 nitrogen and oxygen atoms in total. The summed E-state index contributed by atoms with van der Waals surface area (Å²) in [6.07, 6.45) is 1.69. The van der Waals surface area contributed by atoms with Crippen LogP contribution in [-0.4, -0.2) is 16.9 Å². The molecule has 0 saturated carbocycles. The van der Waals surface area contributed by atoms with E-state index in [9.17, 15) is 0 Å². The maximum absolute atomic E-state index is 3.79. The highest BCUT2D eigenvalue weighted by atomic mass is 15.2. The predicted octanol–water partition coefficient (Wildman–Crippen LogP) is 2.80. The lowest BCUT2D eigenvalue weighted by molar-refractivity contribution is 1.08. The number of hydrogen-bond donors (Lipinski definition) is 1. The van der Waals surface area contributed by atoms with E-state index in [0.717, 1.165) is 11.1 Å². The van der Waals surface area contributed by atoms with Crippen molar-refractivity contribution in [1.29, 1.82) is 0 Å². The van der Waals surface area contributed by atoms with Crippen LogP contribution in [0.3, 0.4) is 0 Å². The van der Waals surface area contributed by atoms with Crippen molar-refractivity contribution in [1.82, 2.24) is 10.2 Å². The first-order valence-electron chi connectivity index (χ1n) is 3.91. The highest BCUT2D eigenvalue weighted by molar-refractivity contribution is 5.69. The molecule has 0 aliphatic carbocycles. The summed E-state index contributed by atoms with van der Waals surface area (Å²) >= 11 is 0. The van der Waals surface area contributed by atoms with Crippen molar-refractivity contribution in [3.8, 4) is 0 Å². The average molecular weight is 165 g/mol. The minimum absolute atomic E-state index is 0.688. The molecule has 1 aromatic rings. The zero-order valence-electron chi connectivity index (χ0n) is 7.89. The fraction of sp³-hybridized carbons (Fsp3) is 0.333. The van der Waals surface area contributed by atoms with E-state index in [1.165, 1.54) is 0 Å². The Morgan fingerprint density at radius 1 is 1.58 bits per heavy atom. The number of aliphatic imine (C=N–C) groups is 1. The fourth-order valence-corrected chi connectivity index (χ4v) is 0.712. The molecule has 1 N–H and O–H groups in total. The molecule has 0 aliphatic rings. The third kappa shape index (κ3) is 2.34. The molecule has 0 spiro atoms. The van der Waals surface area contributed by atoms with Gasteiger partial charge in [0.05, 0.1) is 6.20 Å². The summed E-state index contributed by atoms with van der Waals surface area (Å²) in [7, 11) is 0. The van der Waals surface area contributed by atoms with Gasteiger partial charge < -0.3 is 0 Å². The van der Waals surface area contributed by atoms with Crippen molar-refractivity contribution < 1.29 is 0 Å². The van der Waals surface area contributed by atoms with Gasteiger partial charge in [0.2, 0.25) is 0 Å². The van der Waals surface area contributed by atoms with Crippen molar-refractivity contribution in [2.45, 2.75) is 20.8 Å². The third-order valence-electron chi connectivity index (χ3n) is 1.24. The number of nitrogens with zero attached hydrogens (tertiary/aromatic N) is 2. The number of aromatic amines is 1. The van der Waals surface area contributed by atoms with E-state index >= 15 is 0 Å². The topological polar surface area (TPSA) is 41.0 Å². The number of aromatic nitrogens is 2. The Balaban J connectivity index is 0.000000561. The lowest BCUT2D eigenvalue weighted by atomic mass is 10.2. The number of allylic oxidation sites excluding steroid dienone is 1. The molecule has 0 aliphatic heterocycles. The molecular formula is C9H15N3. The van der Waals surface area contributed by atoms with E-state index in [2.05, 4.69) is 28.5 Å². The maximum atomic E-state index is 3.79. The Hall–Kier alpha value is -1.38. The molecule has 0 fully saturated rings. The number of hydrogen-bond acceptors (Lipinski definition) is 2. The largest absolute Gasteiger partial charge is 0.261 e. The molecular weight excluding hydrogens is 150 g/mol. The van der Waals surface area contributed by atoms with Gasteiger partial charge in [-0.15, -0.1) is 0 Å². The van der Waals surface area contributed by atoms with E-state index in [0.29, 0.717) is 5.82 Å². The molecule has 1 aromatic heterocycles. The molecule has 0 unspecified atom stereocenters. The van der Waals surface area contributed by atoms with E-state index in [1.54, 1.807) is 6.20 Å². The van der Waals surface area contributed by atoms with Crippen LogP contribution in [0, 0.1) is 0 Å². The summed E-state index contributed by atoms with van der Waals surface area (Å²) in [5, 5.41) is 6.49. The Bertz CT molecular complexity index is 260. The van der Waals surface area contributed by atoms with Gasteiger partial charge in [0.25, 0.3) is 0 Å². The third-order valence-corrected chi connectivity index (χ3v) is 1.24. The monoisotopic (exact) mass is 165 g/mol. The van der Waals surface area contributed by atoms with Gasteiger partial charge in [0, 0.05) is 5.56 Å². The van der Waals surface area contributed by atoms with Crippen molar-refractivity contribution in [2.75, 3.05) is 0 Å².